The monoisotopic (exact) mass is 662 g/mol. The Kier molecular flexibility index (Phi) is 8.58. The predicted octanol–water partition coefficient (Wildman–Crippen LogP) is 7.02. The Hall–Kier alpha value is -5.77. The van der Waals surface area contributed by atoms with E-state index < -0.39 is 52.9 Å². The van der Waals surface area contributed by atoms with E-state index >= 15 is 0 Å². The molecule has 1 aromatic heterocycles. The summed E-state index contributed by atoms with van der Waals surface area (Å²) in [5.74, 6) is 2.14. The fraction of sp³-hybridized carbons (Fsp3) is 0.171. The maximum atomic E-state index is 14.6. The molecule has 7 nitrogen and oxygen atoms in total. The van der Waals surface area contributed by atoms with Gasteiger partial charge in [-0.3, -0.25) is 9.48 Å². The van der Waals surface area contributed by atoms with Crippen molar-refractivity contribution >= 4 is 22.9 Å². The van der Waals surface area contributed by atoms with Gasteiger partial charge in [0.2, 0.25) is 0 Å². The summed E-state index contributed by atoms with van der Waals surface area (Å²) >= 11 is 0. The van der Waals surface area contributed by atoms with E-state index in [0.29, 0.717) is 34.4 Å². The molecular weight excluding hydrogens is 638 g/mol. The molecule has 0 unspecified atom stereocenters. The highest BCUT2D eigenvalue weighted by Crippen LogP contribution is 2.38. The second kappa shape index (κ2) is 12.8. The molecule has 1 saturated heterocycles. The first kappa shape index (κ1) is 32.2. The van der Waals surface area contributed by atoms with E-state index in [1.807, 2.05) is 0 Å². The molecule has 5 aromatic rings. The van der Waals surface area contributed by atoms with Gasteiger partial charge in [-0.2, -0.15) is 18.3 Å². The van der Waals surface area contributed by atoms with Crippen LogP contribution >= 0.6 is 0 Å². The quantitative estimate of drug-likeness (QED) is 0.166. The lowest BCUT2D eigenvalue weighted by Crippen LogP contribution is -2.50. The van der Waals surface area contributed by atoms with Crippen LogP contribution in [-0.2, 0) is 12.7 Å². The van der Waals surface area contributed by atoms with E-state index in [9.17, 15) is 35.9 Å². The molecule has 0 bridgehead atoms. The number of carbonyl (C=O) groups excluding carboxylic acids is 1. The van der Waals surface area contributed by atoms with Gasteiger partial charge in [0, 0.05) is 71.5 Å². The third-order valence-electron chi connectivity index (χ3n) is 7.92. The number of alkyl halides is 3. The number of rotatable bonds is 4. The largest absolute Gasteiger partial charge is 0.465 e. The molecule has 1 N–H and O–H groups in total. The minimum absolute atomic E-state index is 0.0771. The Bertz CT molecular complexity index is 2100. The Labute approximate surface area is 269 Å². The number of carbonyl (C=O) groups is 2. The van der Waals surface area contributed by atoms with E-state index in [1.54, 1.807) is 53.4 Å². The maximum Gasteiger partial charge on any atom is 0.418 e. The van der Waals surface area contributed by atoms with Crippen molar-refractivity contribution in [2.45, 2.75) is 12.7 Å². The lowest BCUT2D eigenvalue weighted by Gasteiger charge is -2.33. The maximum absolute atomic E-state index is 14.6. The van der Waals surface area contributed by atoms with Gasteiger partial charge in [0.15, 0.2) is 0 Å². The van der Waals surface area contributed by atoms with Crippen LogP contribution in [0.2, 0.25) is 0 Å². The number of aromatic nitrogens is 2. The van der Waals surface area contributed by atoms with Gasteiger partial charge in [-0.25, -0.2) is 18.0 Å². The van der Waals surface area contributed by atoms with Crippen LogP contribution in [0.25, 0.3) is 22.2 Å². The number of fused-ring (bicyclic) bond motifs is 1. The van der Waals surface area contributed by atoms with Crippen LogP contribution < -0.4 is 0 Å². The molecule has 4 aromatic carbocycles. The van der Waals surface area contributed by atoms with Gasteiger partial charge in [-0.1, -0.05) is 42.2 Å². The third kappa shape index (κ3) is 6.55. The summed E-state index contributed by atoms with van der Waals surface area (Å²) in [6.07, 6.45) is -5.80. The average Bonchev–Trinajstić information content (AvgIpc) is 3.43. The average molecular weight is 663 g/mol. The number of hydrogen-bond acceptors (Lipinski definition) is 3. The molecular formula is C35H24F6N4O3. The highest BCUT2D eigenvalue weighted by atomic mass is 19.4. The molecule has 2 amide bonds. The SMILES string of the molecule is O=C(O)N1CCN(C(=O)c2cccc(C#Cc3cccc(-c4c5cccc(C(F)(F)F)c5nn4Cc4c(F)cc(F)cc4F)c3)c2)CC1. The standard InChI is InChI=1S/C35H24F6N4O3/c36-25-18-29(37)27(30(38)19-25)20-45-32(26-8-3-9-28(31(26)42-45)35(39,40)41)23-6-1-4-21(16-23)10-11-22-5-2-7-24(17-22)33(46)43-12-14-44(15-13-43)34(47)48/h1-9,16-19H,12-15,20H2,(H,47,48). The fourth-order valence-electron chi connectivity index (χ4n) is 5.57. The van der Waals surface area contributed by atoms with Crippen LogP contribution in [0.4, 0.5) is 31.1 Å². The molecule has 0 radical (unpaired) electrons. The Balaban J connectivity index is 1.35. The highest BCUT2D eigenvalue weighted by molar-refractivity contribution is 5.96. The molecule has 0 saturated carbocycles. The van der Waals surface area contributed by atoms with Crippen molar-refractivity contribution in [1.82, 2.24) is 19.6 Å². The predicted molar refractivity (Wildman–Crippen MR) is 164 cm³/mol. The van der Waals surface area contributed by atoms with Gasteiger partial charge >= 0.3 is 12.3 Å². The van der Waals surface area contributed by atoms with E-state index in [-0.39, 0.29) is 43.2 Å². The summed E-state index contributed by atoms with van der Waals surface area (Å²) in [5.41, 5.74) is -0.221. The zero-order valence-corrected chi connectivity index (χ0v) is 24.9. The first-order valence-electron chi connectivity index (χ1n) is 14.6. The molecule has 1 aliphatic heterocycles. The normalized spacial score (nSPS) is 13.4. The lowest BCUT2D eigenvalue weighted by molar-refractivity contribution is -0.136. The molecule has 48 heavy (non-hydrogen) atoms. The molecule has 0 aliphatic carbocycles. The van der Waals surface area contributed by atoms with Crippen LogP contribution in [0.5, 0.6) is 0 Å². The smallest absolute Gasteiger partial charge is 0.418 e. The van der Waals surface area contributed by atoms with Crippen molar-refractivity contribution in [2.75, 3.05) is 26.2 Å². The molecule has 0 spiro atoms. The summed E-state index contributed by atoms with van der Waals surface area (Å²) in [4.78, 5) is 27.0. The van der Waals surface area contributed by atoms with Gasteiger partial charge in [0.05, 0.1) is 17.8 Å². The summed E-state index contributed by atoms with van der Waals surface area (Å²) in [7, 11) is 0. The van der Waals surface area contributed by atoms with Crippen molar-refractivity contribution in [2.24, 2.45) is 0 Å². The molecule has 13 heteroatoms. The van der Waals surface area contributed by atoms with Gasteiger partial charge in [-0.15, -0.1) is 0 Å². The van der Waals surface area contributed by atoms with Crippen molar-refractivity contribution in [3.8, 4) is 23.1 Å². The van der Waals surface area contributed by atoms with Gasteiger partial charge in [0.25, 0.3) is 5.91 Å². The zero-order valence-electron chi connectivity index (χ0n) is 24.9. The molecule has 6 rings (SSSR count). The van der Waals surface area contributed by atoms with Crippen molar-refractivity contribution < 1.29 is 41.0 Å². The second-order valence-corrected chi connectivity index (χ2v) is 11.0. The number of nitrogens with zero attached hydrogens (tertiary/aromatic N) is 4. The van der Waals surface area contributed by atoms with E-state index in [1.165, 1.54) is 17.0 Å². The van der Waals surface area contributed by atoms with Gasteiger partial charge < -0.3 is 14.9 Å². The molecule has 1 fully saturated rings. The van der Waals surface area contributed by atoms with Crippen molar-refractivity contribution in [3.05, 3.63) is 124 Å². The number of benzene rings is 4. The number of piperazine rings is 1. The molecule has 1 aliphatic rings. The molecule has 244 valence electrons. The molecule has 0 atom stereocenters. The third-order valence-corrected chi connectivity index (χ3v) is 7.92. The number of carboxylic acid groups (broad SMARTS) is 1. The van der Waals surface area contributed by atoms with E-state index in [0.717, 1.165) is 10.7 Å². The van der Waals surface area contributed by atoms with Crippen LogP contribution in [-0.4, -0.2) is 62.9 Å². The Morgan fingerprint density at radius 3 is 2.04 bits per heavy atom. The number of amides is 2. The Morgan fingerprint density at radius 2 is 1.40 bits per heavy atom. The first-order valence-corrected chi connectivity index (χ1v) is 14.6. The van der Waals surface area contributed by atoms with Crippen LogP contribution in [0, 0.1) is 29.3 Å². The highest BCUT2D eigenvalue weighted by Gasteiger charge is 2.35. The zero-order chi connectivity index (χ0) is 34.2. The van der Waals surface area contributed by atoms with Crippen LogP contribution in [0.1, 0.15) is 32.6 Å². The number of halogens is 6. The number of hydrogen-bond donors (Lipinski definition) is 1. The van der Waals surface area contributed by atoms with Crippen LogP contribution in [0.3, 0.4) is 0 Å². The summed E-state index contributed by atoms with van der Waals surface area (Å²) < 4.78 is 85.7. The van der Waals surface area contributed by atoms with Crippen LogP contribution in [0.15, 0.2) is 78.9 Å². The van der Waals surface area contributed by atoms with Gasteiger partial charge in [-0.05, 0) is 36.4 Å². The second-order valence-electron chi connectivity index (χ2n) is 11.0. The van der Waals surface area contributed by atoms with Crippen molar-refractivity contribution in [3.63, 3.8) is 0 Å². The fourth-order valence-corrected chi connectivity index (χ4v) is 5.57. The topological polar surface area (TPSA) is 78.7 Å². The van der Waals surface area contributed by atoms with Gasteiger partial charge in [0.1, 0.15) is 23.0 Å². The Morgan fingerprint density at radius 1 is 0.792 bits per heavy atom. The lowest BCUT2D eigenvalue weighted by atomic mass is 10.0. The van der Waals surface area contributed by atoms with E-state index in [4.69, 9.17) is 5.11 Å². The minimum Gasteiger partial charge on any atom is -0.465 e. The summed E-state index contributed by atoms with van der Waals surface area (Å²) in [6, 6.07) is 17.5. The summed E-state index contributed by atoms with van der Waals surface area (Å²) in [5, 5.41) is 13.4. The van der Waals surface area contributed by atoms with E-state index in [2.05, 4.69) is 16.9 Å². The van der Waals surface area contributed by atoms with Crippen molar-refractivity contribution in [1.29, 1.82) is 0 Å². The minimum atomic E-state index is -4.77. The first-order chi connectivity index (χ1) is 22.9. The summed E-state index contributed by atoms with van der Waals surface area (Å²) in [6.45, 7) is 0.294. The molecule has 2 heterocycles.